The highest BCUT2D eigenvalue weighted by Crippen LogP contribution is 2.20. The lowest BCUT2D eigenvalue weighted by atomic mass is 10.3. The van der Waals surface area contributed by atoms with Crippen molar-refractivity contribution in [2.45, 2.75) is 13.8 Å². The van der Waals surface area contributed by atoms with E-state index in [2.05, 4.69) is 34.9 Å². The van der Waals surface area contributed by atoms with Crippen LogP contribution >= 0.6 is 0 Å². The number of hydrogen-bond donors (Lipinski definition) is 0. The molecular weight excluding hydrogens is 292 g/mol. The number of aryl methyl sites for hydroxylation is 2. The zero-order chi connectivity index (χ0) is 15.8. The normalized spacial score (nSPS) is 15.4. The molecule has 8 heteroatoms. The van der Waals surface area contributed by atoms with Crippen molar-refractivity contribution in [2.24, 2.45) is 0 Å². The molecule has 4 rings (SSSR count). The molecule has 1 aliphatic rings. The van der Waals surface area contributed by atoms with Crippen LogP contribution in [0.3, 0.4) is 0 Å². The summed E-state index contributed by atoms with van der Waals surface area (Å²) in [5, 5.41) is 8.39. The van der Waals surface area contributed by atoms with Gasteiger partial charge in [-0.25, -0.2) is 15.0 Å². The fourth-order valence-corrected chi connectivity index (χ4v) is 2.86. The molecule has 1 saturated heterocycles. The molecule has 0 saturated carbocycles. The van der Waals surface area contributed by atoms with Crippen molar-refractivity contribution in [3.8, 4) is 0 Å². The number of piperazine rings is 1. The van der Waals surface area contributed by atoms with Gasteiger partial charge < -0.3 is 9.80 Å². The van der Waals surface area contributed by atoms with Crippen LogP contribution in [0, 0.1) is 13.8 Å². The van der Waals surface area contributed by atoms with Gasteiger partial charge in [0.25, 0.3) is 0 Å². The van der Waals surface area contributed by atoms with Crippen LogP contribution in [-0.4, -0.2) is 55.7 Å². The van der Waals surface area contributed by atoms with Crippen molar-refractivity contribution in [1.29, 1.82) is 0 Å². The van der Waals surface area contributed by atoms with E-state index in [9.17, 15) is 0 Å². The van der Waals surface area contributed by atoms with Gasteiger partial charge in [0.15, 0.2) is 5.82 Å². The molecule has 0 unspecified atom stereocenters. The van der Waals surface area contributed by atoms with E-state index in [1.54, 1.807) is 6.20 Å². The van der Waals surface area contributed by atoms with E-state index in [1.165, 1.54) is 0 Å². The Morgan fingerprint density at radius 3 is 2.48 bits per heavy atom. The number of rotatable bonds is 2. The largest absolute Gasteiger partial charge is 0.350 e. The molecule has 3 aromatic heterocycles. The van der Waals surface area contributed by atoms with E-state index in [0.717, 1.165) is 55.1 Å². The number of nitrogens with zero attached hydrogens (tertiary/aromatic N) is 8. The predicted octanol–water partition coefficient (Wildman–Crippen LogP) is 0.858. The standard InChI is InChI=1S/C15H18N8/c1-11-3-4-17-15(18-11)22-9-7-21(8-10-22)13-14-20-19-12(2)23(14)6-5-16-13/h3-6H,7-10H2,1-2H3. The van der Waals surface area contributed by atoms with E-state index in [-0.39, 0.29) is 0 Å². The Hall–Kier alpha value is -2.77. The summed E-state index contributed by atoms with van der Waals surface area (Å²) in [5.41, 5.74) is 1.80. The van der Waals surface area contributed by atoms with Crippen molar-refractivity contribution in [1.82, 2.24) is 29.5 Å². The molecule has 1 fully saturated rings. The highest BCUT2D eigenvalue weighted by atomic mass is 15.4. The SMILES string of the molecule is Cc1ccnc(N2CCN(c3nccn4c(C)nnc34)CC2)n1. The lowest BCUT2D eigenvalue weighted by Crippen LogP contribution is -2.47. The summed E-state index contributed by atoms with van der Waals surface area (Å²) < 4.78 is 1.97. The Morgan fingerprint density at radius 1 is 0.913 bits per heavy atom. The fourth-order valence-electron chi connectivity index (χ4n) is 2.86. The second kappa shape index (κ2) is 5.45. The number of hydrogen-bond acceptors (Lipinski definition) is 7. The molecule has 0 amide bonds. The topological polar surface area (TPSA) is 75.3 Å². The maximum Gasteiger partial charge on any atom is 0.225 e. The van der Waals surface area contributed by atoms with Crippen LogP contribution < -0.4 is 9.80 Å². The van der Waals surface area contributed by atoms with E-state index in [1.807, 2.05) is 36.7 Å². The highest BCUT2D eigenvalue weighted by molar-refractivity contribution is 5.64. The average Bonchev–Trinajstić information content (AvgIpc) is 2.97. The van der Waals surface area contributed by atoms with Crippen LogP contribution in [0.2, 0.25) is 0 Å². The Labute approximate surface area is 133 Å². The molecule has 0 aromatic carbocycles. The Kier molecular flexibility index (Phi) is 3.29. The van der Waals surface area contributed by atoms with Crippen molar-refractivity contribution in [3.05, 3.63) is 36.2 Å². The number of anilines is 2. The van der Waals surface area contributed by atoms with Gasteiger partial charge in [-0.15, -0.1) is 10.2 Å². The Balaban J connectivity index is 1.55. The minimum Gasteiger partial charge on any atom is -0.350 e. The molecule has 3 aromatic rings. The monoisotopic (exact) mass is 310 g/mol. The third kappa shape index (κ3) is 2.45. The van der Waals surface area contributed by atoms with E-state index in [0.29, 0.717) is 0 Å². The second-order valence-corrected chi connectivity index (χ2v) is 5.66. The summed E-state index contributed by atoms with van der Waals surface area (Å²) in [5.74, 6) is 2.56. The molecule has 8 nitrogen and oxygen atoms in total. The molecule has 0 spiro atoms. The molecular formula is C15H18N8. The molecule has 0 aliphatic carbocycles. The van der Waals surface area contributed by atoms with Gasteiger partial charge in [-0.2, -0.15) is 0 Å². The Morgan fingerprint density at radius 2 is 1.70 bits per heavy atom. The Bertz CT molecular complexity index is 834. The molecule has 0 bridgehead atoms. The maximum absolute atomic E-state index is 4.51. The summed E-state index contributed by atoms with van der Waals surface area (Å²) in [6, 6.07) is 1.91. The van der Waals surface area contributed by atoms with Gasteiger partial charge in [0.2, 0.25) is 11.6 Å². The molecule has 0 N–H and O–H groups in total. The lowest BCUT2D eigenvalue weighted by molar-refractivity contribution is 0.634. The fraction of sp³-hybridized carbons (Fsp3) is 0.400. The van der Waals surface area contributed by atoms with Crippen LogP contribution in [0.1, 0.15) is 11.5 Å². The lowest BCUT2D eigenvalue weighted by Gasteiger charge is -2.35. The second-order valence-electron chi connectivity index (χ2n) is 5.66. The van der Waals surface area contributed by atoms with Gasteiger partial charge >= 0.3 is 0 Å². The maximum atomic E-state index is 4.51. The van der Waals surface area contributed by atoms with Crippen LogP contribution in [0.25, 0.3) is 5.65 Å². The first kappa shape index (κ1) is 13.9. The molecule has 1 aliphatic heterocycles. The van der Waals surface area contributed by atoms with Crippen molar-refractivity contribution >= 4 is 17.4 Å². The quantitative estimate of drug-likeness (QED) is 0.695. The predicted molar refractivity (Wildman–Crippen MR) is 86.7 cm³/mol. The third-order valence-electron chi connectivity index (χ3n) is 4.12. The molecule has 118 valence electrons. The first-order valence-corrected chi connectivity index (χ1v) is 7.68. The van der Waals surface area contributed by atoms with E-state index < -0.39 is 0 Å². The van der Waals surface area contributed by atoms with Crippen molar-refractivity contribution in [2.75, 3.05) is 36.0 Å². The van der Waals surface area contributed by atoms with E-state index >= 15 is 0 Å². The van der Waals surface area contributed by atoms with Crippen molar-refractivity contribution in [3.63, 3.8) is 0 Å². The van der Waals surface area contributed by atoms with Crippen LogP contribution in [0.5, 0.6) is 0 Å². The molecule has 23 heavy (non-hydrogen) atoms. The zero-order valence-electron chi connectivity index (χ0n) is 13.2. The summed E-state index contributed by atoms with van der Waals surface area (Å²) in [4.78, 5) is 17.8. The van der Waals surface area contributed by atoms with Crippen LogP contribution in [-0.2, 0) is 0 Å². The third-order valence-corrected chi connectivity index (χ3v) is 4.12. The smallest absolute Gasteiger partial charge is 0.225 e. The minimum atomic E-state index is 0.800. The zero-order valence-corrected chi connectivity index (χ0v) is 13.2. The van der Waals surface area contributed by atoms with Crippen LogP contribution in [0.4, 0.5) is 11.8 Å². The van der Waals surface area contributed by atoms with Gasteiger partial charge in [0.1, 0.15) is 5.82 Å². The first-order valence-electron chi connectivity index (χ1n) is 7.68. The number of fused-ring (bicyclic) bond motifs is 1. The van der Waals surface area contributed by atoms with Crippen molar-refractivity contribution < 1.29 is 0 Å². The summed E-state index contributed by atoms with van der Waals surface area (Å²) >= 11 is 0. The van der Waals surface area contributed by atoms with Gasteiger partial charge in [-0.05, 0) is 19.9 Å². The summed E-state index contributed by atoms with van der Waals surface area (Å²) in [7, 11) is 0. The van der Waals surface area contributed by atoms with Gasteiger partial charge in [0, 0.05) is 50.5 Å². The minimum absolute atomic E-state index is 0.800. The highest BCUT2D eigenvalue weighted by Gasteiger charge is 2.22. The molecule has 4 heterocycles. The summed E-state index contributed by atoms with van der Waals surface area (Å²) in [6.07, 6.45) is 5.51. The van der Waals surface area contributed by atoms with Crippen LogP contribution in [0.15, 0.2) is 24.7 Å². The van der Waals surface area contributed by atoms with Gasteiger partial charge in [-0.3, -0.25) is 4.40 Å². The molecule has 0 radical (unpaired) electrons. The summed E-state index contributed by atoms with van der Waals surface area (Å²) in [6.45, 7) is 7.36. The van der Waals surface area contributed by atoms with E-state index in [4.69, 9.17) is 0 Å². The van der Waals surface area contributed by atoms with Gasteiger partial charge in [-0.1, -0.05) is 0 Å². The average molecular weight is 310 g/mol. The first-order chi connectivity index (χ1) is 11.2. The van der Waals surface area contributed by atoms with Gasteiger partial charge in [0.05, 0.1) is 0 Å². The number of aromatic nitrogens is 6. The molecule has 0 atom stereocenters.